The Morgan fingerprint density at radius 2 is 1.88 bits per heavy atom. The third kappa shape index (κ3) is 3.00. The second-order valence-electron chi connectivity index (χ2n) is 5.82. The number of fused-ring (bicyclic) bond motifs is 1. The lowest BCUT2D eigenvalue weighted by Gasteiger charge is -2.31. The molecule has 0 saturated heterocycles. The SMILES string of the molecule is COC(=O)C1=NC(=S)N[C@@H](c2ccccc2)[C@@H]1c1nc2ccccc2s1. The molecule has 26 heavy (non-hydrogen) atoms. The molecule has 0 spiro atoms. The first-order chi connectivity index (χ1) is 12.7. The van der Waals surface area contributed by atoms with Gasteiger partial charge >= 0.3 is 5.97 Å². The van der Waals surface area contributed by atoms with Crippen molar-refractivity contribution in [2.45, 2.75) is 12.0 Å². The predicted molar refractivity (Wildman–Crippen MR) is 107 cm³/mol. The van der Waals surface area contributed by atoms with Gasteiger partial charge in [0.1, 0.15) is 10.7 Å². The largest absolute Gasteiger partial charge is 0.465 e. The van der Waals surface area contributed by atoms with E-state index in [1.165, 1.54) is 7.11 Å². The second-order valence-corrected chi connectivity index (χ2v) is 7.27. The van der Waals surface area contributed by atoms with Gasteiger partial charge in [0.2, 0.25) is 0 Å². The molecule has 4 rings (SSSR count). The number of para-hydroxylation sites is 1. The normalized spacial score (nSPS) is 19.7. The van der Waals surface area contributed by atoms with Crippen LogP contribution in [0.1, 0.15) is 22.5 Å². The van der Waals surface area contributed by atoms with Gasteiger partial charge in [0.25, 0.3) is 0 Å². The van der Waals surface area contributed by atoms with Gasteiger partial charge in [0, 0.05) is 0 Å². The summed E-state index contributed by atoms with van der Waals surface area (Å²) in [6, 6.07) is 17.5. The van der Waals surface area contributed by atoms with Crippen molar-refractivity contribution in [3.05, 3.63) is 65.2 Å². The number of carbonyl (C=O) groups excluding carboxylic acids is 1. The van der Waals surface area contributed by atoms with Gasteiger partial charge in [0.05, 0.1) is 29.3 Å². The van der Waals surface area contributed by atoms with Crippen LogP contribution >= 0.6 is 23.6 Å². The number of nitrogens with one attached hydrogen (secondary N) is 1. The monoisotopic (exact) mass is 381 g/mol. The lowest BCUT2D eigenvalue weighted by molar-refractivity contribution is -0.133. The van der Waals surface area contributed by atoms with Gasteiger partial charge in [-0.3, -0.25) is 0 Å². The van der Waals surface area contributed by atoms with Crippen molar-refractivity contribution in [3.63, 3.8) is 0 Å². The number of aromatic nitrogens is 1. The van der Waals surface area contributed by atoms with E-state index < -0.39 is 5.97 Å². The number of methoxy groups -OCH3 is 1. The Labute approximate surface area is 159 Å². The summed E-state index contributed by atoms with van der Waals surface area (Å²) in [5, 5.41) is 4.32. The number of carbonyl (C=O) groups is 1. The highest BCUT2D eigenvalue weighted by molar-refractivity contribution is 7.80. The van der Waals surface area contributed by atoms with E-state index >= 15 is 0 Å². The van der Waals surface area contributed by atoms with Crippen LogP contribution < -0.4 is 5.32 Å². The van der Waals surface area contributed by atoms with Gasteiger partial charge in [-0.25, -0.2) is 14.8 Å². The van der Waals surface area contributed by atoms with E-state index in [-0.39, 0.29) is 22.8 Å². The maximum Gasteiger partial charge on any atom is 0.353 e. The Morgan fingerprint density at radius 3 is 2.62 bits per heavy atom. The van der Waals surface area contributed by atoms with Crippen LogP contribution in [-0.4, -0.2) is 28.9 Å². The first-order valence-corrected chi connectivity index (χ1v) is 9.27. The molecule has 0 aliphatic carbocycles. The lowest BCUT2D eigenvalue weighted by atomic mass is 9.88. The number of aliphatic imine (C=N–C) groups is 1. The maximum absolute atomic E-state index is 12.4. The zero-order chi connectivity index (χ0) is 18.1. The summed E-state index contributed by atoms with van der Waals surface area (Å²) in [5.74, 6) is -0.868. The van der Waals surface area contributed by atoms with Gasteiger partial charge in [0.15, 0.2) is 5.11 Å². The quantitative estimate of drug-likeness (QED) is 0.554. The molecule has 1 aliphatic heterocycles. The summed E-state index contributed by atoms with van der Waals surface area (Å²) in [7, 11) is 1.35. The molecule has 2 atom stereocenters. The number of ether oxygens (including phenoxy) is 1. The zero-order valence-electron chi connectivity index (χ0n) is 13.9. The van der Waals surface area contributed by atoms with Crippen molar-refractivity contribution in [1.82, 2.24) is 10.3 Å². The molecular formula is C19H15N3O2S2. The van der Waals surface area contributed by atoms with Crippen LogP contribution in [0.3, 0.4) is 0 Å². The molecule has 2 aromatic carbocycles. The number of thiocarbonyl (C=S) groups is 1. The molecular weight excluding hydrogens is 366 g/mol. The topological polar surface area (TPSA) is 63.6 Å². The third-order valence-electron chi connectivity index (χ3n) is 4.26. The number of esters is 1. The van der Waals surface area contributed by atoms with Crippen molar-refractivity contribution in [3.8, 4) is 0 Å². The highest BCUT2D eigenvalue weighted by atomic mass is 32.1. The minimum Gasteiger partial charge on any atom is -0.465 e. The molecule has 0 saturated carbocycles. The molecule has 3 aromatic rings. The smallest absolute Gasteiger partial charge is 0.353 e. The van der Waals surface area contributed by atoms with E-state index in [2.05, 4.69) is 10.3 Å². The first kappa shape index (κ1) is 16.8. The summed E-state index contributed by atoms with van der Waals surface area (Å²) < 4.78 is 6.03. The fraction of sp³-hybridized carbons (Fsp3) is 0.158. The standard InChI is InChI=1S/C19H15N3O2S2/c1-24-18(23)16-14(17-20-12-9-5-6-10-13(12)26-17)15(21-19(25)22-16)11-7-3-2-4-8-11/h2-10,14-15H,1H3,(H,21,25)/t14-,15-/m0/s1. The van der Waals surface area contributed by atoms with Crippen LogP contribution in [0.15, 0.2) is 59.6 Å². The van der Waals surface area contributed by atoms with Crippen LogP contribution in [-0.2, 0) is 9.53 Å². The highest BCUT2D eigenvalue weighted by Crippen LogP contribution is 2.38. The van der Waals surface area contributed by atoms with Crippen molar-refractivity contribution in [2.75, 3.05) is 7.11 Å². The zero-order valence-corrected chi connectivity index (χ0v) is 15.5. The van der Waals surface area contributed by atoms with Gasteiger partial charge in [-0.15, -0.1) is 11.3 Å². The van der Waals surface area contributed by atoms with Crippen LogP contribution in [0, 0.1) is 0 Å². The molecule has 0 amide bonds. The highest BCUT2D eigenvalue weighted by Gasteiger charge is 2.39. The number of nitrogens with zero attached hydrogens (tertiary/aromatic N) is 2. The average molecular weight is 381 g/mol. The molecule has 0 bridgehead atoms. The minimum atomic E-state index is -0.487. The lowest BCUT2D eigenvalue weighted by Crippen LogP contribution is -2.42. The van der Waals surface area contributed by atoms with Crippen LogP contribution in [0.25, 0.3) is 10.2 Å². The summed E-state index contributed by atoms with van der Waals surface area (Å²) in [6.07, 6.45) is 0. The Hall–Kier alpha value is -2.64. The van der Waals surface area contributed by atoms with E-state index in [0.29, 0.717) is 0 Å². The molecule has 1 aliphatic rings. The van der Waals surface area contributed by atoms with E-state index in [1.807, 2.05) is 54.6 Å². The number of rotatable bonds is 3. The Bertz CT molecular complexity index is 981. The summed E-state index contributed by atoms with van der Waals surface area (Å²) in [4.78, 5) is 21.5. The summed E-state index contributed by atoms with van der Waals surface area (Å²) in [6.45, 7) is 0. The average Bonchev–Trinajstić information content (AvgIpc) is 3.11. The minimum absolute atomic E-state index is 0.240. The first-order valence-electron chi connectivity index (χ1n) is 8.05. The number of hydrogen-bond acceptors (Lipinski definition) is 5. The van der Waals surface area contributed by atoms with Crippen molar-refractivity contribution in [1.29, 1.82) is 0 Å². The Balaban J connectivity index is 1.89. The number of thiazole rings is 1. The molecule has 7 heteroatoms. The molecule has 5 nitrogen and oxygen atoms in total. The molecule has 0 fully saturated rings. The van der Waals surface area contributed by atoms with Crippen LogP contribution in [0.4, 0.5) is 0 Å². The molecule has 130 valence electrons. The Kier molecular flexibility index (Phi) is 4.48. The van der Waals surface area contributed by atoms with Crippen LogP contribution in [0.5, 0.6) is 0 Å². The van der Waals surface area contributed by atoms with Crippen molar-refractivity contribution < 1.29 is 9.53 Å². The third-order valence-corrected chi connectivity index (χ3v) is 5.59. The number of benzene rings is 2. The fourth-order valence-corrected chi connectivity index (χ4v) is 4.42. The van der Waals surface area contributed by atoms with E-state index in [1.54, 1.807) is 11.3 Å². The Morgan fingerprint density at radius 1 is 1.15 bits per heavy atom. The molecule has 2 heterocycles. The molecule has 0 unspecified atom stereocenters. The summed E-state index contributed by atoms with van der Waals surface area (Å²) >= 11 is 6.82. The second kappa shape index (κ2) is 6.93. The van der Waals surface area contributed by atoms with Gasteiger partial charge < -0.3 is 10.1 Å². The van der Waals surface area contributed by atoms with Gasteiger partial charge in [-0.05, 0) is 29.9 Å². The van der Waals surface area contributed by atoms with Crippen LogP contribution in [0.2, 0.25) is 0 Å². The predicted octanol–water partition coefficient (Wildman–Crippen LogP) is 3.62. The summed E-state index contributed by atoms with van der Waals surface area (Å²) in [5.41, 5.74) is 2.19. The van der Waals surface area contributed by atoms with Crippen molar-refractivity contribution in [2.24, 2.45) is 4.99 Å². The fourth-order valence-electron chi connectivity index (χ4n) is 3.08. The maximum atomic E-state index is 12.4. The molecule has 1 aromatic heterocycles. The molecule has 1 N–H and O–H groups in total. The van der Waals surface area contributed by atoms with Gasteiger partial charge in [-0.2, -0.15) is 0 Å². The number of hydrogen-bond donors (Lipinski definition) is 1. The van der Waals surface area contributed by atoms with Crippen molar-refractivity contribution >= 4 is 50.6 Å². The van der Waals surface area contributed by atoms with E-state index in [9.17, 15) is 4.79 Å². The van der Waals surface area contributed by atoms with Gasteiger partial charge in [-0.1, -0.05) is 42.5 Å². The van der Waals surface area contributed by atoms with E-state index in [0.717, 1.165) is 20.8 Å². The van der Waals surface area contributed by atoms with E-state index in [4.69, 9.17) is 21.9 Å². The molecule has 0 radical (unpaired) electrons.